The lowest BCUT2D eigenvalue weighted by atomic mass is 9.86. The van der Waals surface area contributed by atoms with Crippen LogP contribution in [0.1, 0.15) is 125 Å². The highest BCUT2D eigenvalue weighted by molar-refractivity contribution is 5.69. The van der Waals surface area contributed by atoms with E-state index < -0.39 is 17.3 Å². The van der Waals surface area contributed by atoms with E-state index in [0.717, 1.165) is 12.8 Å². The molecule has 0 aromatic heterocycles. The molecule has 0 aliphatic heterocycles. The fourth-order valence-electron chi connectivity index (χ4n) is 3.79. The van der Waals surface area contributed by atoms with Gasteiger partial charge in [-0.2, -0.15) is 0 Å². The number of carbonyl (C=O) groups is 1. The number of rotatable bonds is 17. The van der Waals surface area contributed by atoms with E-state index >= 15 is 0 Å². The number of carboxylic acids is 1. The van der Waals surface area contributed by atoms with Gasteiger partial charge < -0.3 is 15.3 Å². The maximum Gasteiger partial charge on any atom is 0.306 e. The SMILES string of the molecule is CC(C)CC(O)(N(C)C)C(C)(C)O.CCCCCCCCCCCCCC(C)C(=O)O. The van der Waals surface area contributed by atoms with Crippen LogP contribution in [0.3, 0.4) is 0 Å². The molecule has 0 aliphatic rings. The van der Waals surface area contributed by atoms with Crippen molar-refractivity contribution in [3.63, 3.8) is 0 Å². The molecule has 5 nitrogen and oxygen atoms in total. The summed E-state index contributed by atoms with van der Waals surface area (Å²) in [6.07, 6.45) is 16.0. The predicted molar refractivity (Wildman–Crippen MR) is 132 cm³/mol. The van der Waals surface area contributed by atoms with Crippen LogP contribution in [-0.2, 0) is 4.79 Å². The molecule has 0 rings (SSSR count). The van der Waals surface area contributed by atoms with E-state index in [1.165, 1.54) is 64.2 Å². The third-order valence-corrected chi connectivity index (χ3v) is 6.07. The van der Waals surface area contributed by atoms with Crippen LogP contribution in [0.15, 0.2) is 0 Å². The van der Waals surface area contributed by atoms with E-state index in [1.807, 2.05) is 13.8 Å². The van der Waals surface area contributed by atoms with Crippen LogP contribution in [0.4, 0.5) is 0 Å². The maximum atomic E-state index is 10.6. The molecule has 0 radical (unpaired) electrons. The Morgan fingerprint density at radius 3 is 1.45 bits per heavy atom. The number of unbranched alkanes of at least 4 members (excludes halogenated alkanes) is 10. The zero-order valence-corrected chi connectivity index (χ0v) is 22.0. The van der Waals surface area contributed by atoms with Crippen molar-refractivity contribution in [2.45, 2.75) is 136 Å². The van der Waals surface area contributed by atoms with Gasteiger partial charge in [0.05, 0.1) is 5.92 Å². The number of likely N-dealkylation sites (N-methyl/N-ethyl adjacent to an activating group) is 1. The van der Waals surface area contributed by atoms with Crippen LogP contribution in [0.25, 0.3) is 0 Å². The standard InChI is InChI=1S/C16H32O2.C10H23NO2/c1-3-4-5-6-7-8-9-10-11-12-13-14-15(2)16(17)18;1-8(2)7-10(13,11(5)6)9(3,4)12/h15H,3-14H2,1-2H3,(H,17,18);8,12-13H,7H2,1-6H3. The number of hydrogen-bond donors (Lipinski definition) is 3. The fourth-order valence-corrected chi connectivity index (χ4v) is 3.79. The summed E-state index contributed by atoms with van der Waals surface area (Å²) >= 11 is 0. The van der Waals surface area contributed by atoms with Crippen molar-refractivity contribution in [3.05, 3.63) is 0 Å². The lowest BCUT2D eigenvalue weighted by Gasteiger charge is -2.44. The molecule has 3 N–H and O–H groups in total. The van der Waals surface area contributed by atoms with Crippen molar-refractivity contribution in [2.75, 3.05) is 14.1 Å². The minimum atomic E-state index is -1.15. The van der Waals surface area contributed by atoms with Crippen LogP contribution in [0.5, 0.6) is 0 Å². The van der Waals surface area contributed by atoms with Crippen LogP contribution >= 0.6 is 0 Å². The van der Waals surface area contributed by atoms with Gasteiger partial charge in [0.2, 0.25) is 0 Å². The van der Waals surface area contributed by atoms with Gasteiger partial charge in [0.25, 0.3) is 0 Å². The highest BCUT2D eigenvalue weighted by Crippen LogP contribution is 2.30. The Morgan fingerprint density at radius 1 is 0.806 bits per heavy atom. The van der Waals surface area contributed by atoms with Crippen molar-refractivity contribution in [1.82, 2.24) is 4.90 Å². The average molecular weight is 446 g/mol. The van der Waals surface area contributed by atoms with Crippen molar-refractivity contribution in [2.24, 2.45) is 11.8 Å². The van der Waals surface area contributed by atoms with E-state index in [2.05, 4.69) is 6.92 Å². The number of hydrogen-bond acceptors (Lipinski definition) is 4. The minimum Gasteiger partial charge on any atom is -0.481 e. The average Bonchev–Trinajstić information content (AvgIpc) is 2.64. The second kappa shape index (κ2) is 17.9. The first-order chi connectivity index (χ1) is 14.3. The summed E-state index contributed by atoms with van der Waals surface area (Å²) in [5.74, 6) is -0.468. The molecular formula is C26H55NO4. The second-order valence-electron chi connectivity index (χ2n) is 10.4. The number of carboxylic acid groups (broad SMARTS) is 1. The summed E-state index contributed by atoms with van der Waals surface area (Å²) in [5, 5.41) is 28.9. The highest BCUT2D eigenvalue weighted by atomic mass is 16.4. The van der Waals surface area contributed by atoms with Gasteiger partial charge >= 0.3 is 5.97 Å². The Labute approximate surface area is 193 Å². The molecule has 188 valence electrons. The molecule has 0 aliphatic carbocycles. The first-order valence-corrected chi connectivity index (χ1v) is 12.6. The van der Waals surface area contributed by atoms with E-state index in [9.17, 15) is 15.0 Å². The molecule has 0 fully saturated rings. The van der Waals surface area contributed by atoms with Gasteiger partial charge in [-0.15, -0.1) is 0 Å². The van der Waals surface area contributed by atoms with E-state index in [4.69, 9.17) is 5.11 Å². The van der Waals surface area contributed by atoms with Crippen molar-refractivity contribution < 1.29 is 20.1 Å². The fraction of sp³-hybridized carbons (Fsp3) is 0.962. The first kappa shape index (κ1) is 32.5. The number of nitrogens with zero attached hydrogens (tertiary/aromatic N) is 1. The molecule has 0 aromatic carbocycles. The molecule has 0 saturated carbocycles. The lowest BCUT2D eigenvalue weighted by Crippen LogP contribution is -2.60. The van der Waals surface area contributed by atoms with Crippen molar-refractivity contribution >= 4 is 5.97 Å². The summed E-state index contributed by atoms with van der Waals surface area (Å²) in [4.78, 5) is 12.3. The van der Waals surface area contributed by atoms with Gasteiger partial charge in [-0.05, 0) is 46.7 Å². The van der Waals surface area contributed by atoms with E-state index in [1.54, 1.807) is 39.8 Å². The summed E-state index contributed by atoms with van der Waals surface area (Å²) in [6, 6.07) is 0. The zero-order chi connectivity index (χ0) is 24.5. The Hall–Kier alpha value is -0.650. The number of aliphatic carboxylic acids is 1. The topological polar surface area (TPSA) is 81.0 Å². The molecule has 0 aromatic rings. The summed E-state index contributed by atoms with van der Waals surface area (Å²) in [5.41, 5.74) is -2.26. The highest BCUT2D eigenvalue weighted by Gasteiger charge is 2.44. The van der Waals surface area contributed by atoms with Gasteiger partial charge in [0, 0.05) is 0 Å². The molecule has 5 heteroatoms. The molecule has 0 saturated heterocycles. The Kier molecular flexibility index (Phi) is 18.7. The van der Waals surface area contributed by atoms with Crippen molar-refractivity contribution in [3.8, 4) is 0 Å². The van der Waals surface area contributed by atoms with Crippen LogP contribution in [0.2, 0.25) is 0 Å². The van der Waals surface area contributed by atoms with Gasteiger partial charge in [-0.25, -0.2) is 0 Å². The van der Waals surface area contributed by atoms with Gasteiger partial charge in [-0.1, -0.05) is 98.3 Å². The van der Waals surface area contributed by atoms with Gasteiger partial charge in [-0.3, -0.25) is 9.69 Å². The summed E-state index contributed by atoms with van der Waals surface area (Å²) < 4.78 is 0. The number of aliphatic hydroxyl groups is 2. The Bertz CT molecular complexity index is 432. The molecule has 0 heterocycles. The molecule has 31 heavy (non-hydrogen) atoms. The molecule has 2 unspecified atom stereocenters. The van der Waals surface area contributed by atoms with Gasteiger partial charge in [0.15, 0.2) is 0 Å². The van der Waals surface area contributed by atoms with E-state index in [0.29, 0.717) is 12.3 Å². The molecular weight excluding hydrogens is 390 g/mol. The monoisotopic (exact) mass is 445 g/mol. The smallest absolute Gasteiger partial charge is 0.306 e. The summed E-state index contributed by atoms with van der Waals surface area (Å²) in [7, 11) is 3.56. The normalized spacial score (nSPS) is 14.8. The third kappa shape index (κ3) is 16.6. The minimum absolute atomic E-state index is 0.163. The molecule has 0 amide bonds. The molecule has 2 atom stereocenters. The van der Waals surface area contributed by atoms with Crippen LogP contribution in [-0.4, -0.2) is 51.6 Å². The molecule has 0 bridgehead atoms. The third-order valence-electron chi connectivity index (χ3n) is 6.07. The Balaban J connectivity index is 0. The largest absolute Gasteiger partial charge is 0.481 e. The van der Waals surface area contributed by atoms with E-state index in [-0.39, 0.29) is 5.92 Å². The molecule has 0 spiro atoms. The second-order valence-corrected chi connectivity index (χ2v) is 10.4. The van der Waals surface area contributed by atoms with Gasteiger partial charge in [0.1, 0.15) is 11.3 Å². The first-order valence-electron chi connectivity index (χ1n) is 12.6. The zero-order valence-electron chi connectivity index (χ0n) is 22.0. The van der Waals surface area contributed by atoms with Crippen LogP contribution < -0.4 is 0 Å². The van der Waals surface area contributed by atoms with Crippen molar-refractivity contribution in [1.29, 1.82) is 0 Å². The predicted octanol–water partition coefficient (Wildman–Crippen LogP) is 6.46. The quantitative estimate of drug-likeness (QED) is 0.177. The lowest BCUT2D eigenvalue weighted by molar-refractivity contribution is -0.213. The Morgan fingerprint density at radius 2 is 1.19 bits per heavy atom. The summed E-state index contributed by atoms with van der Waals surface area (Å²) in [6.45, 7) is 11.4. The maximum absolute atomic E-state index is 10.6. The van der Waals surface area contributed by atoms with Crippen LogP contribution in [0, 0.1) is 11.8 Å².